The molecule has 0 radical (unpaired) electrons. The lowest BCUT2D eigenvalue weighted by molar-refractivity contribution is -0.141. The molecule has 0 unspecified atom stereocenters. The van der Waals surface area contributed by atoms with Gasteiger partial charge in [0, 0.05) is 5.69 Å². The van der Waals surface area contributed by atoms with E-state index < -0.39 is 23.6 Å². The van der Waals surface area contributed by atoms with E-state index >= 15 is 0 Å². The highest BCUT2D eigenvalue weighted by molar-refractivity contribution is 8.01. The summed E-state index contributed by atoms with van der Waals surface area (Å²) in [6.45, 7) is 1.18. The van der Waals surface area contributed by atoms with Crippen molar-refractivity contribution in [3.63, 3.8) is 0 Å². The van der Waals surface area contributed by atoms with Gasteiger partial charge in [-0.05, 0) is 43.3 Å². The average Bonchev–Trinajstić information content (AvgIpc) is 2.71. The molecule has 2 rings (SSSR count). The minimum Gasteiger partial charge on any atom is -0.496 e. The molecular formula is C20H20FNO5S. The smallest absolute Gasteiger partial charge is 0.319 e. The maximum absolute atomic E-state index is 12.8. The van der Waals surface area contributed by atoms with E-state index in [1.165, 1.54) is 31.4 Å². The van der Waals surface area contributed by atoms with E-state index in [0.29, 0.717) is 17.0 Å². The molecule has 0 aromatic heterocycles. The number of nitrogens with one attached hydrogen (secondary N) is 1. The second kappa shape index (κ2) is 10.5. The summed E-state index contributed by atoms with van der Waals surface area (Å²) < 4.78 is 23.0. The lowest BCUT2D eigenvalue weighted by atomic mass is 10.1. The highest BCUT2D eigenvalue weighted by Crippen LogP contribution is 2.19. The second-order valence-corrected chi connectivity index (χ2v) is 7.07. The maximum atomic E-state index is 12.8. The molecule has 8 heteroatoms. The van der Waals surface area contributed by atoms with Crippen molar-refractivity contribution in [2.45, 2.75) is 12.2 Å². The molecule has 0 saturated heterocycles. The third-order valence-corrected chi connectivity index (χ3v) is 4.80. The van der Waals surface area contributed by atoms with Crippen LogP contribution in [-0.2, 0) is 14.3 Å². The summed E-state index contributed by atoms with van der Waals surface area (Å²) in [5.41, 5.74) is 0.793. The van der Waals surface area contributed by atoms with Crippen LogP contribution < -0.4 is 10.1 Å². The molecule has 0 heterocycles. The average molecular weight is 405 g/mol. The summed E-state index contributed by atoms with van der Waals surface area (Å²) in [6.07, 6.45) is 0. The Kier molecular flexibility index (Phi) is 8.01. The number of carbonyl (C=O) groups excluding carboxylic acids is 3. The zero-order valence-electron chi connectivity index (χ0n) is 15.4. The number of hydrogen-bond donors (Lipinski definition) is 1. The number of thioether (sulfide) groups is 1. The Balaban J connectivity index is 1.77. The van der Waals surface area contributed by atoms with E-state index in [1.807, 2.05) is 0 Å². The number of para-hydroxylation sites is 1. The zero-order chi connectivity index (χ0) is 20.5. The van der Waals surface area contributed by atoms with Crippen LogP contribution in [0.25, 0.3) is 0 Å². The third kappa shape index (κ3) is 6.38. The summed E-state index contributed by atoms with van der Waals surface area (Å²) in [5, 5.41) is 1.97. The van der Waals surface area contributed by atoms with Crippen molar-refractivity contribution in [3.05, 3.63) is 59.9 Å². The van der Waals surface area contributed by atoms with E-state index in [1.54, 1.807) is 31.2 Å². The number of hydrogen-bond acceptors (Lipinski definition) is 6. The number of esters is 1. The number of anilines is 1. The fourth-order valence-corrected chi connectivity index (χ4v) is 2.88. The molecular weight excluding hydrogens is 385 g/mol. The SMILES string of the molecule is COc1ccccc1C(=O)COC(=O)[C@H](C)SCC(=O)Nc1ccc(F)cc1. The predicted molar refractivity (Wildman–Crippen MR) is 105 cm³/mol. The minimum atomic E-state index is -0.635. The van der Waals surface area contributed by atoms with Crippen molar-refractivity contribution in [2.24, 2.45) is 0 Å². The van der Waals surface area contributed by atoms with Gasteiger partial charge in [0.15, 0.2) is 6.61 Å². The van der Waals surface area contributed by atoms with E-state index in [0.717, 1.165) is 11.8 Å². The highest BCUT2D eigenvalue weighted by Gasteiger charge is 2.19. The van der Waals surface area contributed by atoms with Crippen LogP contribution in [0.5, 0.6) is 5.75 Å². The molecule has 0 saturated carbocycles. The van der Waals surface area contributed by atoms with Crippen LogP contribution >= 0.6 is 11.8 Å². The van der Waals surface area contributed by atoms with Crippen LogP contribution in [0.4, 0.5) is 10.1 Å². The van der Waals surface area contributed by atoms with Crippen molar-refractivity contribution in [1.29, 1.82) is 0 Å². The number of ketones is 1. The maximum Gasteiger partial charge on any atom is 0.319 e. The molecule has 148 valence electrons. The molecule has 0 aliphatic carbocycles. The Hall–Kier alpha value is -2.87. The molecule has 1 amide bonds. The molecule has 1 atom stereocenters. The van der Waals surface area contributed by atoms with E-state index in [-0.39, 0.29) is 17.4 Å². The van der Waals surface area contributed by atoms with Crippen LogP contribution in [0, 0.1) is 5.82 Å². The van der Waals surface area contributed by atoms with E-state index in [4.69, 9.17) is 9.47 Å². The van der Waals surface area contributed by atoms with Gasteiger partial charge in [0.05, 0.1) is 18.4 Å². The van der Waals surface area contributed by atoms with Gasteiger partial charge in [-0.3, -0.25) is 14.4 Å². The summed E-state index contributed by atoms with van der Waals surface area (Å²) in [6, 6.07) is 12.0. The fraction of sp³-hybridized carbons (Fsp3) is 0.250. The summed E-state index contributed by atoms with van der Waals surface area (Å²) in [4.78, 5) is 36.1. The van der Waals surface area contributed by atoms with E-state index in [9.17, 15) is 18.8 Å². The number of methoxy groups -OCH3 is 1. The Labute approximate surface area is 166 Å². The number of halogens is 1. The number of rotatable bonds is 9. The summed E-state index contributed by atoms with van der Waals surface area (Å²) in [5.74, 6) is -1.29. The van der Waals surface area contributed by atoms with Crippen molar-refractivity contribution >= 4 is 35.1 Å². The Bertz CT molecular complexity index is 841. The van der Waals surface area contributed by atoms with Gasteiger partial charge >= 0.3 is 5.97 Å². The van der Waals surface area contributed by atoms with Gasteiger partial charge in [0.1, 0.15) is 16.8 Å². The van der Waals surface area contributed by atoms with Crippen molar-refractivity contribution in [2.75, 3.05) is 24.8 Å². The number of amides is 1. The standard InChI is InChI=1S/C20H20FNO5S/c1-13(28-12-19(24)22-15-9-7-14(21)8-10-15)20(25)27-11-17(23)16-5-3-4-6-18(16)26-2/h3-10,13H,11-12H2,1-2H3,(H,22,24)/t13-/m0/s1. The molecule has 0 spiro atoms. The van der Waals surface area contributed by atoms with Gasteiger partial charge in [0.2, 0.25) is 11.7 Å². The molecule has 28 heavy (non-hydrogen) atoms. The summed E-state index contributed by atoms with van der Waals surface area (Å²) in [7, 11) is 1.45. The first kappa shape index (κ1) is 21.4. The van der Waals surface area contributed by atoms with Gasteiger partial charge in [-0.2, -0.15) is 0 Å². The van der Waals surface area contributed by atoms with Crippen LogP contribution in [-0.4, -0.2) is 42.4 Å². The Morgan fingerprint density at radius 1 is 1.11 bits per heavy atom. The fourth-order valence-electron chi connectivity index (χ4n) is 2.21. The van der Waals surface area contributed by atoms with Crippen LogP contribution in [0.3, 0.4) is 0 Å². The van der Waals surface area contributed by atoms with Crippen LogP contribution in [0.2, 0.25) is 0 Å². The highest BCUT2D eigenvalue weighted by atomic mass is 32.2. The quantitative estimate of drug-likeness (QED) is 0.509. The molecule has 1 N–H and O–H groups in total. The van der Waals surface area contributed by atoms with Crippen LogP contribution in [0.1, 0.15) is 17.3 Å². The van der Waals surface area contributed by atoms with Gasteiger partial charge in [0.25, 0.3) is 0 Å². The largest absolute Gasteiger partial charge is 0.496 e. The van der Waals surface area contributed by atoms with Crippen molar-refractivity contribution in [3.8, 4) is 5.75 Å². The van der Waals surface area contributed by atoms with Gasteiger partial charge in [-0.25, -0.2) is 4.39 Å². The molecule has 0 fully saturated rings. The molecule has 0 bridgehead atoms. The van der Waals surface area contributed by atoms with Gasteiger partial charge in [-0.1, -0.05) is 12.1 Å². The Morgan fingerprint density at radius 3 is 2.46 bits per heavy atom. The van der Waals surface area contributed by atoms with E-state index in [2.05, 4.69) is 5.32 Å². The van der Waals surface area contributed by atoms with Crippen molar-refractivity contribution < 1.29 is 28.2 Å². The third-order valence-electron chi connectivity index (χ3n) is 3.68. The first-order chi connectivity index (χ1) is 13.4. The first-order valence-corrected chi connectivity index (χ1v) is 9.45. The molecule has 0 aliphatic rings. The predicted octanol–water partition coefficient (Wildman–Crippen LogP) is 3.32. The van der Waals surface area contributed by atoms with Crippen molar-refractivity contribution in [1.82, 2.24) is 0 Å². The number of Topliss-reactive ketones (excluding diaryl/α,β-unsaturated/α-hetero) is 1. The number of benzene rings is 2. The minimum absolute atomic E-state index is 0.00803. The normalized spacial score (nSPS) is 11.4. The number of ether oxygens (including phenoxy) is 2. The summed E-state index contributed by atoms with van der Waals surface area (Å²) >= 11 is 1.07. The molecule has 0 aliphatic heterocycles. The van der Waals surface area contributed by atoms with Gasteiger partial charge < -0.3 is 14.8 Å². The van der Waals surface area contributed by atoms with Crippen LogP contribution in [0.15, 0.2) is 48.5 Å². The zero-order valence-corrected chi connectivity index (χ0v) is 16.3. The topological polar surface area (TPSA) is 81.7 Å². The first-order valence-electron chi connectivity index (χ1n) is 8.40. The molecule has 2 aromatic carbocycles. The number of carbonyl (C=O) groups is 3. The lowest BCUT2D eigenvalue weighted by Gasteiger charge is -2.12. The Morgan fingerprint density at radius 2 is 1.79 bits per heavy atom. The lowest BCUT2D eigenvalue weighted by Crippen LogP contribution is -2.23. The monoisotopic (exact) mass is 405 g/mol. The van der Waals surface area contributed by atoms with Gasteiger partial charge in [-0.15, -0.1) is 11.8 Å². The second-order valence-electron chi connectivity index (χ2n) is 5.74. The molecule has 6 nitrogen and oxygen atoms in total. The molecule has 2 aromatic rings.